The lowest BCUT2D eigenvalue weighted by Crippen LogP contribution is -2.49. The second kappa shape index (κ2) is 8.02. The fourth-order valence-electron chi connectivity index (χ4n) is 3.18. The smallest absolute Gasteiger partial charge is 0.0793 e. The molecule has 0 aliphatic carbocycles. The molecule has 0 radical (unpaired) electrons. The Morgan fingerprint density at radius 2 is 1.91 bits per heavy atom. The summed E-state index contributed by atoms with van der Waals surface area (Å²) >= 11 is 0. The molecule has 1 N–H and O–H groups in total. The first-order valence-corrected chi connectivity index (χ1v) is 8.11. The molecule has 0 bridgehead atoms. The summed E-state index contributed by atoms with van der Waals surface area (Å²) in [4.78, 5) is 8.54. The van der Waals surface area contributed by atoms with Crippen molar-refractivity contribution in [3.05, 3.63) is 30.1 Å². The fourth-order valence-corrected chi connectivity index (χ4v) is 3.18. The summed E-state index contributed by atoms with van der Waals surface area (Å²) in [6.45, 7) is 9.48. The van der Waals surface area contributed by atoms with Crippen molar-refractivity contribution in [2.24, 2.45) is 0 Å². The molecular weight excluding hydrogens is 278 g/mol. The minimum absolute atomic E-state index is 0.240. The van der Waals surface area contributed by atoms with E-state index < -0.39 is 0 Å². The van der Waals surface area contributed by atoms with Gasteiger partial charge in [-0.05, 0) is 45.5 Å². The SMILES string of the molecule is CC1CN(CC(O)CN(C)C(C)c2ccncc2)CC(C)O1. The number of ether oxygens (including phenoxy) is 1. The van der Waals surface area contributed by atoms with Gasteiger partial charge in [-0.25, -0.2) is 0 Å². The predicted molar refractivity (Wildman–Crippen MR) is 87.7 cm³/mol. The first-order valence-electron chi connectivity index (χ1n) is 8.11. The monoisotopic (exact) mass is 307 g/mol. The van der Waals surface area contributed by atoms with E-state index in [2.05, 4.69) is 42.6 Å². The van der Waals surface area contributed by atoms with Gasteiger partial charge >= 0.3 is 0 Å². The van der Waals surface area contributed by atoms with E-state index in [1.54, 1.807) is 0 Å². The van der Waals surface area contributed by atoms with Crippen LogP contribution in [-0.2, 0) is 4.74 Å². The Balaban J connectivity index is 1.82. The highest BCUT2D eigenvalue weighted by molar-refractivity contribution is 5.14. The minimum atomic E-state index is -0.355. The van der Waals surface area contributed by atoms with E-state index in [9.17, 15) is 5.11 Å². The molecule has 0 saturated carbocycles. The molecule has 22 heavy (non-hydrogen) atoms. The van der Waals surface area contributed by atoms with Crippen molar-refractivity contribution in [1.82, 2.24) is 14.8 Å². The summed E-state index contributed by atoms with van der Waals surface area (Å²) in [7, 11) is 2.05. The lowest BCUT2D eigenvalue weighted by molar-refractivity contribution is -0.0781. The molecule has 1 aromatic rings. The van der Waals surface area contributed by atoms with Gasteiger partial charge < -0.3 is 9.84 Å². The van der Waals surface area contributed by atoms with Crippen molar-refractivity contribution >= 4 is 0 Å². The summed E-state index contributed by atoms with van der Waals surface area (Å²) in [5.74, 6) is 0. The number of β-amino-alcohol motifs (C(OH)–C–C–N with tert-alkyl or cyclic N) is 1. The highest BCUT2D eigenvalue weighted by Gasteiger charge is 2.24. The Morgan fingerprint density at radius 1 is 1.32 bits per heavy atom. The van der Waals surface area contributed by atoms with Crippen LogP contribution in [0.2, 0.25) is 0 Å². The highest BCUT2D eigenvalue weighted by Crippen LogP contribution is 2.18. The molecule has 0 aromatic carbocycles. The van der Waals surface area contributed by atoms with Crippen molar-refractivity contribution in [2.45, 2.75) is 45.1 Å². The maximum Gasteiger partial charge on any atom is 0.0793 e. The van der Waals surface area contributed by atoms with Crippen molar-refractivity contribution in [2.75, 3.05) is 33.2 Å². The van der Waals surface area contributed by atoms with E-state index >= 15 is 0 Å². The summed E-state index contributed by atoms with van der Waals surface area (Å²) in [5.41, 5.74) is 1.22. The second-order valence-electron chi connectivity index (χ2n) is 6.53. The van der Waals surface area contributed by atoms with Crippen molar-refractivity contribution in [3.63, 3.8) is 0 Å². The van der Waals surface area contributed by atoms with E-state index in [4.69, 9.17) is 4.74 Å². The van der Waals surface area contributed by atoms with Crippen LogP contribution in [0.4, 0.5) is 0 Å². The van der Waals surface area contributed by atoms with Gasteiger partial charge in [0.1, 0.15) is 0 Å². The van der Waals surface area contributed by atoms with Gasteiger partial charge in [-0.1, -0.05) is 0 Å². The molecule has 4 unspecified atom stereocenters. The molecular formula is C17H29N3O2. The molecule has 0 amide bonds. The molecule has 124 valence electrons. The number of aliphatic hydroxyl groups is 1. The van der Waals surface area contributed by atoms with E-state index in [1.807, 2.05) is 24.5 Å². The number of hydrogen-bond acceptors (Lipinski definition) is 5. The molecule has 5 nitrogen and oxygen atoms in total. The number of nitrogens with zero attached hydrogens (tertiary/aromatic N) is 3. The van der Waals surface area contributed by atoms with Crippen molar-refractivity contribution in [3.8, 4) is 0 Å². The molecule has 4 atom stereocenters. The third kappa shape index (κ3) is 5.02. The van der Waals surface area contributed by atoms with Gasteiger partial charge in [0.05, 0.1) is 18.3 Å². The average molecular weight is 307 g/mol. The number of likely N-dealkylation sites (N-methyl/N-ethyl adjacent to an activating group) is 1. The number of morpholine rings is 1. The van der Waals surface area contributed by atoms with Crippen molar-refractivity contribution < 1.29 is 9.84 Å². The molecule has 1 fully saturated rings. The second-order valence-corrected chi connectivity index (χ2v) is 6.53. The topological polar surface area (TPSA) is 48.8 Å². The lowest BCUT2D eigenvalue weighted by atomic mass is 10.1. The molecule has 5 heteroatoms. The Morgan fingerprint density at radius 3 is 2.50 bits per heavy atom. The van der Waals surface area contributed by atoms with Gasteiger partial charge in [0.15, 0.2) is 0 Å². The van der Waals surface area contributed by atoms with Gasteiger partial charge in [0.2, 0.25) is 0 Å². The first-order chi connectivity index (χ1) is 10.5. The Kier molecular flexibility index (Phi) is 6.32. The van der Waals surface area contributed by atoms with E-state index in [1.165, 1.54) is 5.56 Å². The summed E-state index contributed by atoms with van der Waals surface area (Å²) < 4.78 is 5.74. The number of pyridine rings is 1. The number of hydrogen-bond donors (Lipinski definition) is 1. The van der Waals surface area contributed by atoms with Crippen LogP contribution >= 0.6 is 0 Å². The Labute approximate surface area is 133 Å². The lowest BCUT2D eigenvalue weighted by Gasteiger charge is -2.37. The number of rotatable bonds is 6. The van der Waals surface area contributed by atoms with Gasteiger partial charge in [0.25, 0.3) is 0 Å². The summed E-state index contributed by atoms with van der Waals surface area (Å²) in [5, 5.41) is 10.4. The zero-order valence-electron chi connectivity index (χ0n) is 14.1. The molecule has 0 spiro atoms. The van der Waals surface area contributed by atoms with Crippen LogP contribution in [0.1, 0.15) is 32.4 Å². The van der Waals surface area contributed by atoms with E-state index in [0.717, 1.165) is 13.1 Å². The zero-order chi connectivity index (χ0) is 16.1. The minimum Gasteiger partial charge on any atom is -0.390 e. The molecule has 2 rings (SSSR count). The van der Waals surface area contributed by atoms with Crippen LogP contribution in [0.25, 0.3) is 0 Å². The van der Waals surface area contributed by atoms with Crippen LogP contribution in [-0.4, -0.2) is 71.4 Å². The van der Waals surface area contributed by atoms with Gasteiger partial charge in [-0.2, -0.15) is 0 Å². The number of aliphatic hydroxyl groups excluding tert-OH is 1. The number of aromatic nitrogens is 1. The van der Waals surface area contributed by atoms with Crippen LogP contribution in [0.15, 0.2) is 24.5 Å². The van der Waals surface area contributed by atoms with E-state index in [0.29, 0.717) is 13.1 Å². The predicted octanol–water partition coefficient (Wildman–Crippen LogP) is 1.54. The third-order valence-electron chi connectivity index (χ3n) is 4.31. The molecule has 1 aliphatic rings. The Hall–Kier alpha value is -1.01. The molecule has 2 heterocycles. The highest BCUT2D eigenvalue weighted by atomic mass is 16.5. The molecule has 1 aromatic heterocycles. The summed E-state index contributed by atoms with van der Waals surface area (Å²) in [6.07, 6.45) is 3.75. The average Bonchev–Trinajstić information content (AvgIpc) is 2.46. The molecule has 1 aliphatic heterocycles. The van der Waals surface area contributed by atoms with Gasteiger partial charge in [-0.15, -0.1) is 0 Å². The van der Waals surface area contributed by atoms with Crippen LogP contribution in [0.3, 0.4) is 0 Å². The maximum atomic E-state index is 10.4. The largest absolute Gasteiger partial charge is 0.390 e. The molecule has 1 saturated heterocycles. The summed E-state index contributed by atoms with van der Waals surface area (Å²) in [6, 6.07) is 4.32. The van der Waals surface area contributed by atoms with Crippen LogP contribution in [0, 0.1) is 0 Å². The maximum absolute atomic E-state index is 10.4. The van der Waals surface area contributed by atoms with Gasteiger partial charge in [0, 0.05) is 44.6 Å². The zero-order valence-corrected chi connectivity index (χ0v) is 14.1. The standard InChI is InChI=1S/C17H29N3O2/c1-13-9-20(10-14(2)22-13)12-17(21)11-19(4)15(3)16-5-7-18-8-6-16/h5-8,13-15,17,21H,9-12H2,1-4H3. The fraction of sp³-hybridized carbons (Fsp3) is 0.706. The Bertz CT molecular complexity index is 433. The van der Waals surface area contributed by atoms with Gasteiger partial charge in [-0.3, -0.25) is 14.8 Å². The van der Waals surface area contributed by atoms with Crippen LogP contribution in [0.5, 0.6) is 0 Å². The van der Waals surface area contributed by atoms with Crippen molar-refractivity contribution in [1.29, 1.82) is 0 Å². The first kappa shape index (κ1) is 17.3. The van der Waals surface area contributed by atoms with E-state index in [-0.39, 0.29) is 24.4 Å². The quantitative estimate of drug-likeness (QED) is 0.864. The third-order valence-corrected chi connectivity index (χ3v) is 4.31. The van der Waals surface area contributed by atoms with Crippen LogP contribution < -0.4 is 0 Å². The normalized spacial score (nSPS) is 26.1.